The van der Waals surface area contributed by atoms with Gasteiger partial charge in [0.2, 0.25) is 0 Å². The summed E-state index contributed by atoms with van der Waals surface area (Å²) in [7, 11) is 4.71. The molecule has 0 aliphatic heterocycles. The van der Waals surface area contributed by atoms with Crippen molar-refractivity contribution in [2.24, 2.45) is 0 Å². The molecule has 1 amide bonds. The van der Waals surface area contributed by atoms with E-state index < -0.39 is 0 Å². The number of benzene rings is 2. The lowest BCUT2D eigenvalue weighted by Crippen LogP contribution is -2.13. The van der Waals surface area contributed by atoms with Gasteiger partial charge >= 0.3 is 0 Å². The van der Waals surface area contributed by atoms with Gasteiger partial charge in [0.05, 0.1) is 50.2 Å². The standard InChI is InChI=1S/C22H23N3O4/c1-14-5-8-20(28-3)19(9-14)24-16-10-15(12-23-13-16)22(26)25-18-7-6-17(27-2)11-21(18)29-4/h5-13,24H,1-4H3,(H,25,26). The average molecular weight is 393 g/mol. The highest BCUT2D eigenvalue weighted by atomic mass is 16.5. The van der Waals surface area contributed by atoms with Crippen molar-refractivity contribution in [3.8, 4) is 17.2 Å². The number of nitrogens with one attached hydrogen (secondary N) is 2. The number of hydrogen-bond acceptors (Lipinski definition) is 6. The quantitative estimate of drug-likeness (QED) is 0.619. The number of ether oxygens (including phenoxy) is 3. The number of carbonyl (C=O) groups excluding carboxylic acids is 1. The fourth-order valence-electron chi connectivity index (χ4n) is 2.80. The SMILES string of the molecule is COc1ccc(NC(=O)c2cncc(Nc3cc(C)ccc3OC)c2)c(OC)c1. The maximum absolute atomic E-state index is 12.7. The van der Waals surface area contributed by atoms with Crippen molar-refractivity contribution in [3.63, 3.8) is 0 Å². The van der Waals surface area contributed by atoms with Crippen molar-refractivity contribution in [3.05, 3.63) is 66.0 Å². The van der Waals surface area contributed by atoms with Gasteiger partial charge in [-0.3, -0.25) is 9.78 Å². The second-order valence-electron chi connectivity index (χ2n) is 6.31. The lowest BCUT2D eigenvalue weighted by Gasteiger charge is -2.13. The molecular weight excluding hydrogens is 370 g/mol. The van der Waals surface area contributed by atoms with Crippen LogP contribution >= 0.6 is 0 Å². The topological polar surface area (TPSA) is 81.7 Å². The van der Waals surface area contributed by atoms with Crippen molar-refractivity contribution >= 4 is 23.0 Å². The molecule has 0 saturated heterocycles. The highest BCUT2D eigenvalue weighted by Gasteiger charge is 2.12. The number of amides is 1. The van der Waals surface area contributed by atoms with Crippen LogP contribution in [-0.2, 0) is 0 Å². The Morgan fingerprint density at radius 2 is 1.66 bits per heavy atom. The van der Waals surface area contributed by atoms with Crippen LogP contribution in [0, 0.1) is 6.92 Å². The summed E-state index contributed by atoms with van der Waals surface area (Å²) < 4.78 is 15.9. The maximum atomic E-state index is 12.7. The number of carbonyl (C=O) groups is 1. The number of pyridine rings is 1. The van der Waals surface area contributed by atoms with Crippen molar-refractivity contribution < 1.29 is 19.0 Å². The molecule has 0 aliphatic rings. The van der Waals surface area contributed by atoms with E-state index in [0.29, 0.717) is 34.2 Å². The molecule has 3 rings (SSSR count). The summed E-state index contributed by atoms with van der Waals surface area (Å²) in [4.78, 5) is 16.9. The molecule has 0 unspecified atom stereocenters. The summed E-state index contributed by atoms with van der Waals surface area (Å²) in [5.41, 5.74) is 3.49. The highest BCUT2D eigenvalue weighted by Crippen LogP contribution is 2.30. The van der Waals surface area contributed by atoms with Crippen molar-refractivity contribution in [2.45, 2.75) is 6.92 Å². The molecule has 29 heavy (non-hydrogen) atoms. The second kappa shape index (κ2) is 8.97. The molecule has 0 bridgehead atoms. The Balaban J connectivity index is 1.81. The normalized spacial score (nSPS) is 10.2. The summed E-state index contributed by atoms with van der Waals surface area (Å²) in [5, 5.41) is 6.09. The van der Waals surface area contributed by atoms with Gasteiger partial charge in [0.25, 0.3) is 5.91 Å². The number of aromatic nitrogens is 1. The number of methoxy groups -OCH3 is 3. The van der Waals surface area contributed by atoms with E-state index in [-0.39, 0.29) is 5.91 Å². The first-order valence-electron chi connectivity index (χ1n) is 8.94. The van der Waals surface area contributed by atoms with E-state index in [9.17, 15) is 4.79 Å². The van der Waals surface area contributed by atoms with E-state index in [0.717, 1.165) is 11.3 Å². The average Bonchev–Trinajstić information content (AvgIpc) is 2.74. The number of hydrogen-bond donors (Lipinski definition) is 2. The molecule has 0 radical (unpaired) electrons. The Kier molecular flexibility index (Phi) is 6.19. The summed E-state index contributed by atoms with van der Waals surface area (Å²) in [6, 6.07) is 12.7. The first-order chi connectivity index (χ1) is 14.0. The van der Waals surface area contributed by atoms with Crippen LogP contribution in [0.15, 0.2) is 54.9 Å². The Morgan fingerprint density at radius 1 is 0.862 bits per heavy atom. The molecule has 150 valence electrons. The van der Waals surface area contributed by atoms with Gasteiger partial charge in [0.1, 0.15) is 17.2 Å². The third-order valence-corrected chi connectivity index (χ3v) is 4.29. The summed E-state index contributed by atoms with van der Waals surface area (Å²) in [6.45, 7) is 2.00. The first kappa shape index (κ1) is 20.0. The van der Waals surface area contributed by atoms with Gasteiger partial charge in [0.15, 0.2) is 0 Å². The molecule has 0 spiro atoms. The van der Waals surface area contributed by atoms with E-state index in [1.807, 2.05) is 25.1 Å². The van der Waals surface area contributed by atoms with Crippen molar-refractivity contribution in [1.82, 2.24) is 4.98 Å². The molecule has 0 fully saturated rings. The third-order valence-electron chi connectivity index (χ3n) is 4.29. The number of nitrogens with zero attached hydrogens (tertiary/aromatic N) is 1. The van der Waals surface area contributed by atoms with Gasteiger partial charge in [0, 0.05) is 12.3 Å². The predicted octanol–water partition coefficient (Wildman–Crippen LogP) is 4.41. The zero-order chi connectivity index (χ0) is 20.8. The molecule has 0 aliphatic carbocycles. The van der Waals surface area contributed by atoms with Gasteiger partial charge in [-0.25, -0.2) is 0 Å². The molecule has 7 nitrogen and oxygen atoms in total. The molecule has 3 aromatic rings. The van der Waals surface area contributed by atoms with E-state index in [4.69, 9.17) is 14.2 Å². The van der Waals surface area contributed by atoms with E-state index in [1.165, 1.54) is 13.3 Å². The lowest BCUT2D eigenvalue weighted by atomic mass is 10.2. The minimum Gasteiger partial charge on any atom is -0.497 e. The molecule has 0 saturated carbocycles. The minimum atomic E-state index is -0.305. The molecule has 1 heterocycles. The number of rotatable bonds is 7. The van der Waals surface area contributed by atoms with Gasteiger partial charge < -0.3 is 24.8 Å². The van der Waals surface area contributed by atoms with Crippen LogP contribution in [0.2, 0.25) is 0 Å². The highest BCUT2D eigenvalue weighted by molar-refractivity contribution is 6.05. The fourth-order valence-corrected chi connectivity index (χ4v) is 2.80. The van der Waals surface area contributed by atoms with E-state index in [1.54, 1.807) is 44.7 Å². The van der Waals surface area contributed by atoms with Crippen LogP contribution in [-0.4, -0.2) is 32.2 Å². The lowest BCUT2D eigenvalue weighted by molar-refractivity contribution is 0.102. The summed E-state index contributed by atoms with van der Waals surface area (Å²) in [6.07, 6.45) is 3.15. The fraction of sp³-hybridized carbons (Fsp3) is 0.182. The van der Waals surface area contributed by atoms with Crippen molar-refractivity contribution in [2.75, 3.05) is 32.0 Å². The molecule has 1 aromatic heterocycles. The maximum Gasteiger partial charge on any atom is 0.257 e. The van der Waals surface area contributed by atoms with Gasteiger partial charge in [-0.2, -0.15) is 0 Å². The van der Waals surface area contributed by atoms with E-state index >= 15 is 0 Å². The van der Waals surface area contributed by atoms with Crippen LogP contribution in [0.4, 0.5) is 17.1 Å². The first-order valence-corrected chi connectivity index (χ1v) is 8.94. The van der Waals surface area contributed by atoms with Crippen LogP contribution in [0.5, 0.6) is 17.2 Å². The second-order valence-corrected chi connectivity index (χ2v) is 6.31. The Labute approximate surface area is 169 Å². The number of aryl methyl sites for hydroxylation is 1. The van der Waals surface area contributed by atoms with Crippen LogP contribution < -0.4 is 24.8 Å². The zero-order valence-electron chi connectivity index (χ0n) is 16.8. The van der Waals surface area contributed by atoms with Gasteiger partial charge in [-0.1, -0.05) is 6.07 Å². The molecular formula is C22H23N3O4. The van der Waals surface area contributed by atoms with Crippen LogP contribution in [0.3, 0.4) is 0 Å². The van der Waals surface area contributed by atoms with Crippen molar-refractivity contribution in [1.29, 1.82) is 0 Å². The molecule has 0 atom stereocenters. The predicted molar refractivity (Wildman–Crippen MR) is 113 cm³/mol. The van der Waals surface area contributed by atoms with E-state index in [2.05, 4.69) is 15.6 Å². The van der Waals surface area contributed by atoms with Gasteiger partial charge in [-0.05, 0) is 42.8 Å². The Hall–Kier alpha value is -3.74. The molecule has 2 N–H and O–H groups in total. The third kappa shape index (κ3) is 4.76. The van der Waals surface area contributed by atoms with Crippen LogP contribution in [0.25, 0.3) is 0 Å². The van der Waals surface area contributed by atoms with Gasteiger partial charge in [-0.15, -0.1) is 0 Å². The number of anilines is 3. The smallest absolute Gasteiger partial charge is 0.257 e. The zero-order valence-corrected chi connectivity index (χ0v) is 16.8. The Morgan fingerprint density at radius 3 is 2.38 bits per heavy atom. The molecule has 2 aromatic carbocycles. The van der Waals surface area contributed by atoms with Crippen LogP contribution in [0.1, 0.15) is 15.9 Å². The summed E-state index contributed by atoms with van der Waals surface area (Å²) in [5.74, 6) is 1.54. The molecule has 7 heteroatoms. The largest absolute Gasteiger partial charge is 0.497 e. The minimum absolute atomic E-state index is 0.305. The monoisotopic (exact) mass is 393 g/mol. The Bertz CT molecular complexity index is 1020. The summed E-state index contributed by atoms with van der Waals surface area (Å²) >= 11 is 0.